The molecule has 112 valence electrons. The summed E-state index contributed by atoms with van der Waals surface area (Å²) < 4.78 is 0. The lowest BCUT2D eigenvalue weighted by atomic mass is 10.1. The average Bonchev–Trinajstić information content (AvgIpc) is 2.34. The molecule has 0 radical (unpaired) electrons. The minimum atomic E-state index is -1.14. The molecule has 0 aromatic heterocycles. The van der Waals surface area contributed by atoms with Crippen LogP contribution in [-0.4, -0.2) is 36.0 Å². The molecule has 5 N–H and O–H groups in total. The molecule has 21 heavy (non-hydrogen) atoms. The predicted molar refractivity (Wildman–Crippen MR) is 78.7 cm³/mol. The van der Waals surface area contributed by atoms with Gasteiger partial charge >= 0.3 is 5.97 Å². The molecule has 0 aliphatic heterocycles. The molecular weight excluding hydrogens is 298 g/mol. The Hall–Kier alpha value is -2.54. The summed E-state index contributed by atoms with van der Waals surface area (Å²) >= 11 is 5.87. The van der Waals surface area contributed by atoms with E-state index in [-0.39, 0.29) is 13.1 Å². The van der Waals surface area contributed by atoms with Crippen LogP contribution in [0.5, 0.6) is 0 Å². The lowest BCUT2D eigenvalue weighted by Gasteiger charge is -2.23. The number of nitrogens with zero attached hydrogens (tertiary/aromatic N) is 1. The summed E-state index contributed by atoms with van der Waals surface area (Å²) in [5.41, 5.74) is 11.1. The van der Waals surface area contributed by atoms with Gasteiger partial charge in [0.05, 0.1) is 13.1 Å². The number of carbonyl (C=O) groups excluding carboxylic acids is 2. The number of carboxylic acids is 1. The van der Waals surface area contributed by atoms with Crippen molar-refractivity contribution in [2.24, 2.45) is 11.5 Å². The van der Waals surface area contributed by atoms with Gasteiger partial charge in [0.15, 0.2) is 0 Å². The van der Waals surface area contributed by atoms with E-state index in [4.69, 9.17) is 28.2 Å². The van der Waals surface area contributed by atoms with Crippen molar-refractivity contribution >= 4 is 41.1 Å². The van der Waals surface area contributed by atoms with Crippen molar-refractivity contribution in [1.29, 1.82) is 0 Å². The van der Waals surface area contributed by atoms with Crippen molar-refractivity contribution in [3.8, 4) is 0 Å². The highest BCUT2D eigenvalue weighted by atomic mass is 35.5. The van der Waals surface area contributed by atoms with Crippen LogP contribution in [0, 0.1) is 0 Å². The summed E-state index contributed by atoms with van der Waals surface area (Å²) in [4.78, 5) is 34.2. The van der Waals surface area contributed by atoms with Gasteiger partial charge in [-0.25, -0.2) is 4.79 Å². The van der Waals surface area contributed by atoms with Gasteiger partial charge in [0, 0.05) is 16.8 Å². The number of anilines is 1. The van der Waals surface area contributed by atoms with Crippen LogP contribution in [-0.2, 0) is 14.4 Å². The Morgan fingerprint density at radius 3 is 2.24 bits per heavy atom. The normalized spacial score (nSPS) is 10.5. The van der Waals surface area contributed by atoms with Crippen molar-refractivity contribution in [1.82, 2.24) is 0 Å². The van der Waals surface area contributed by atoms with E-state index in [1.54, 1.807) is 12.1 Å². The van der Waals surface area contributed by atoms with Crippen molar-refractivity contribution in [2.75, 3.05) is 18.0 Å². The van der Waals surface area contributed by atoms with Crippen molar-refractivity contribution < 1.29 is 19.5 Å². The Labute approximate surface area is 125 Å². The summed E-state index contributed by atoms with van der Waals surface area (Å²) in [7, 11) is 0. The zero-order valence-corrected chi connectivity index (χ0v) is 11.7. The molecule has 0 bridgehead atoms. The zero-order valence-electron chi connectivity index (χ0n) is 11.0. The van der Waals surface area contributed by atoms with Gasteiger partial charge < -0.3 is 21.5 Å². The molecule has 2 amide bonds. The van der Waals surface area contributed by atoms with Gasteiger partial charge in [0.1, 0.15) is 0 Å². The van der Waals surface area contributed by atoms with Crippen LogP contribution >= 0.6 is 11.6 Å². The number of nitrogens with two attached hydrogens (primary N) is 2. The molecule has 0 aliphatic rings. The van der Waals surface area contributed by atoms with E-state index in [1.165, 1.54) is 17.0 Å². The van der Waals surface area contributed by atoms with E-state index in [9.17, 15) is 14.4 Å². The first-order valence-corrected chi connectivity index (χ1v) is 6.19. The molecule has 0 atom stereocenters. The topological polar surface area (TPSA) is 127 Å². The SMILES string of the molecule is NC(=O)CN(CC(N)=O)c1ccc(Cl)cc1/C=C/C(=O)O. The summed E-state index contributed by atoms with van der Waals surface area (Å²) in [5, 5.41) is 9.06. The van der Waals surface area contributed by atoms with E-state index in [0.717, 1.165) is 6.08 Å². The first-order chi connectivity index (χ1) is 9.79. The molecule has 0 aliphatic carbocycles. The lowest BCUT2D eigenvalue weighted by Crippen LogP contribution is -2.40. The number of aliphatic carboxylic acids is 1. The zero-order chi connectivity index (χ0) is 16.0. The van der Waals surface area contributed by atoms with E-state index < -0.39 is 17.8 Å². The number of benzene rings is 1. The molecule has 0 spiro atoms. The minimum absolute atomic E-state index is 0.238. The highest BCUT2D eigenvalue weighted by molar-refractivity contribution is 6.30. The maximum Gasteiger partial charge on any atom is 0.328 e. The smallest absolute Gasteiger partial charge is 0.328 e. The molecule has 7 nitrogen and oxygen atoms in total. The van der Waals surface area contributed by atoms with Gasteiger partial charge in [-0.1, -0.05) is 11.6 Å². The van der Waals surface area contributed by atoms with Gasteiger partial charge in [-0.15, -0.1) is 0 Å². The molecule has 8 heteroatoms. The fourth-order valence-electron chi connectivity index (χ4n) is 1.71. The van der Waals surface area contributed by atoms with Gasteiger partial charge in [-0.3, -0.25) is 9.59 Å². The Morgan fingerprint density at radius 1 is 1.19 bits per heavy atom. The monoisotopic (exact) mass is 311 g/mol. The van der Waals surface area contributed by atoms with Crippen molar-refractivity contribution in [3.63, 3.8) is 0 Å². The largest absolute Gasteiger partial charge is 0.478 e. The Bertz CT molecular complexity index is 585. The Kier molecular flexibility index (Phi) is 5.74. The maximum absolute atomic E-state index is 11.1. The Morgan fingerprint density at radius 2 is 1.76 bits per heavy atom. The molecule has 0 fully saturated rings. The predicted octanol–water partition coefficient (Wildman–Crippen LogP) is 0.215. The van der Waals surface area contributed by atoms with Gasteiger partial charge in [-0.05, 0) is 29.8 Å². The highest BCUT2D eigenvalue weighted by Crippen LogP contribution is 2.25. The van der Waals surface area contributed by atoms with Crippen LogP contribution < -0.4 is 16.4 Å². The molecule has 1 aromatic rings. The third kappa shape index (κ3) is 5.53. The fraction of sp³-hybridized carbons (Fsp3) is 0.154. The van der Waals surface area contributed by atoms with Crippen molar-refractivity contribution in [3.05, 3.63) is 34.9 Å². The summed E-state index contributed by atoms with van der Waals surface area (Å²) in [5.74, 6) is -2.45. The quantitative estimate of drug-likeness (QED) is 0.621. The fourth-order valence-corrected chi connectivity index (χ4v) is 1.89. The van der Waals surface area contributed by atoms with E-state index in [1.807, 2.05) is 0 Å². The molecule has 0 heterocycles. The lowest BCUT2D eigenvalue weighted by molar-refractivity contribution is -0.131. The van der Waals surface area contributed by atoms with Crippen molar-refractivity contribution in [2.45, 2.75) is 0 Å². The summed E-state index contributed by atoms with van der Waals surface area (Å²) in [6.07, 6.45) is 2.22. The number of primary amides is 2. The molecule has 1 rings (SSSR count). The van der Waals surface area contributed by atoms with E-state index >= 15 is 0 Å². The second kappa shape index (κ2) is 7.30. The van der Waals surface area contributed by atoms with E-state index in [2.05, 4.69) is 0 Å². The molecule has 1 aromatic carbocycles. The van der Waals surface area contributed by atoms with E-state index in [0.29, 0.717) is 16.3 Å². The standard InChI is InChI=1S/C13H14ClN3O4/c14-9-2-3-10(8(5-9)1-4-13(20)21)17(6-11(15)18)7-12(16)19/h1-5H,6-7H2,(H2,15,18)(H2,16,19)(H,20,21)/b4-1+. The first-order valence-electron chi connectivity index (χ1n) is 5.81. The van der Waals surface area contributed by atoms with Gasteiger partial charge in [-0.2, -0.15) is 0 Å². The van der Waals surface area contributed by atoms with Crippen LogP contribution in [0.3, 0.4) is 0 Å². The van der Waals surface area contributed by atoms with Crippen LogP contribution in [0.15, 0.2) is 24.3 Å². The Balaban J connectivity index is 3.25. The maximum atomic E-state index is 11.1. The molecule has 0 saturated carbocycles. The van der Waals surface area contributed by atoms with Gasteiger partial charge in [0.25, 0.3) is 0 Å². The van der Waals surface area contributed by atoms with Crippen LogP contribution in [0.4, 0.5) is 5.69 Å². The average molecular weight is 312 g/mol. The number of rotatable bonds is 7. The summed E-state index contributed by atoms with van der Waals surface area (Å²) in [6.45, 7) is -0.475. The molecule has 0 unspecified atom stereocenters. The number of carboxylic acid groups (broad SMARTS) is 1. The molecular formula is C13H14ClN3O4. The van der Waals surface area contributed by atoms with Gasteiger partial charge in [0.2, 0.25) is 11.8 Å². The number of carbonyl (C=O) groups is 3. The highest BCUT2D eigenvalue weighted by Gasteiger charge is 2.15. The minimum Gasteiger partial charge on any atom is -0.478 e. The van der Waals surface area contributed by atoms with Crippen LogP contribution in [0.2, 0.25) is 5.02 Å². The molecule has 0 saturated heterocycles. The van der Waals surface area contributed by atoms with Crippen LogP contribution in [0.1, 0.15) is 5.56 Å². The third-order valence-corrected chi connectivity index (χ3v) is 2.66. The number of hydrogen-bond acceptors (Lipinski definition) is 4. The first kappa shape index (κ1) is 16.5. The second-order valence-corrected chi connectivity index (χ2v) is 4.60. The summed E-state index contributed by atoms with van der Waals surface area (Å²) in [6, 6.07) is 4.60. The number of halogens is 1. The second-order valence-electron chi connectivity index (χ2n) is 4.16. The number of hydrogen-bond donors (Lipinski definition) is 3. The van der Waals surface area contributed by atoms with Crippen LogP contribution in [0.25, 0.3) is 6.08 Å². The number of amides is 2. The third-order valence-electron chi connectivity index (χ3n) is 2.43.